The lowest BCUT2D eigenvalue weighted by Crippen LogP contribution is -2.21. The van der Waals surface area contributed by atoms with Crippen molar-refractivity contribution in [1.82, 2.24) is 4.98 Å². The number of aromatic amines is 1. The highest BCUT2D eigenvalue weighted by molar-refractivity contribution is 7.90. The Balaban J connectivity index is 1.96. The molecule has 3 aromatic rings. The second kappa shape index (κ2) is 8.32. The van der Waals surface area contributed by atoms with E-state index in [1.165, 1.54) is 0 Å². The van der Waals surface area contributed by atoms with Crippen molar-refractivity contribution in [3.63, 3.8) is 0 Å². The van der Waals surface area contributed by atoms with Crippen LogP contribution in [0.25, 0.3) is 0 Å². The van der Waals surface area contributed by atoms with Crippen LogP contribution in [-0.4, -0.2) is 19.2 Å². The summed E-state index contributed by atoms with van der Waals surface area (Å²) < 4.78 is 24.5. The standard InChI is InChI=1S/C21H19ClN4O3S/c1-12(14-5-9-17(10-6-14)26-30(24,28)29)19-18(11-23)13(2)20(25-19)21(27)15-3-7-16(22)8-4-15/h3-10,12,25-26H,1-2H3,(H2,24,28,29). The first-order valence-electron chi connectivity index (χ1n) is 8.94. The van der Waals surface area contributed by atoms with Gasteiger partial charge in [0.05, 0.1) is 11.3 Å². The van der Waals surface area contributed by atoms with Crippen LogP contribution in [0.5, 0.6) is 0 Å². The van der Waals surface area contributed by atoms with Crippen LogP contribution in [0.1, 0.15) is 51.3 Å². The molecule has 154 valence electrons. The Morgan fingerprint density at radius 1 is 1.17 bits per heavy atom. The lowest BCUT2D eigenvalue weighted by Gasteiger charge is -2.12. The predicted molar refractivity (Wildman–Crippen MR) is 116 cm³/mol. The van der Waals surface area contributed by atoms with Gasteiger partial charge in [0.15, 0.2) is 0 Å². The SMILES string of the molecule is Cc1c(C(=O)c2ccc(Cl)cc2)[nH]c(C(C)c2ccc(NS(N)(=O)=O)cc2)c1C#N. The van der Waals surface area contributed by atoms with Gasteiger partial charge in [-0.1, -0.05) is 30.7 Å². The number of carbonyl (C=O) groups excluding carboxylic acids is 1. The Kier molecular flexibility index (Phi) is 5.99. The summed E-state index contributed by atoms with van der Waals surface area (Å²) in [5.41, 5.74) is 3.57. The van der Waals surface area contributed by atoms with Gasteiger partial charge in [0.1, 0.15) is 6.07 Å². The summed E-state index contributed by atoms with van der Waals surface area (Å²) in [5, 5.41) is 15.2. The highest BCUT2D eigenvalue weighted by Gasteiger charge is 2.24. The van der Waals surface area contributed by atoms with E-state index in [0.29, 0.717) is 38.8 Å². The minimum absolute atomic E-state index is 0.230. The van der Waals surface area contributed by atoms with Gasteiger partial charge in [0.25, 0.3) is 10.2 Å². The molecule has 4 N–H and O–H groups in total. The third-order valence-corrected chi connectivity index (χ3v) is 5.60. The molecular formula is C21H19ClN4O3S. The molecule has 1 aromatic heterocycles. The number of halogens is 1. The van der Waals surface area contributed by atoms with Crippen molar-refractivity contribution in [2.75, 3.05) is 4.72 Å². The summed E-state index contributed by atoms with van der Waals surface area (Å²) in [7, 11) is -3.86. The van der Waals surface area contributed by atoms with Gasteiger partial charge in [0, 0.05) is 27.9 Å². The molecule has 3 rings (SSSR count). The quantitative estimate of drug-likeness (QED) is 0.500. The fourth-order valence-corrected chi connectivity index (χ4v) is 3.82. The van der Waals surface area contributed by atoms with E-state index >= 15 is 0 Å². The molecule has 0 aliphatic heterocycles. The smallest absolute Gasteiger partial charge is 0.296 e. The van der Waals surface area contributed by atoms with Gasteiger partial charge in [-0.05, 0) is 54.4 Å². The fraction of sp³-hybridized carbons (Fsp3) is 0.143. The van der Waals surface area contributed by atoms with Crippen molar-refractivity contribution in [3.05, 3.63) is 87.2 Å². The number of nitriles is 1. The molecule has 2 aromatic carbocycles. The normalized spacial score (nSPS) is 12.2. The van der Waals surface area contributed by atoms with Crippen LogP contribution in [0.15, 0.2) is 48.5 Å². The zero-order valence-corrected chi connectivity index (χ0v) is 17.8. The Hall–Kier alpha value is -3.12. The third-order valence-electron chi connectivity index (χ3n) is 4.83. The summed E-state index contributed by atoms with van der Waals surface area (Å²) in [5.74, 6) is -0.472. The summed E-state index contributed by atoms with van der Waals surface area (Å²) >= 11 is 5.89. The molecule has 0 saturated carbocycles. The lowest BCUT2D eigenvalue weighted by atomic mass is 9.94. The number of carbonyl (C=O) groups is 1. The average Bonchev–Trinajstić information content (AvgIpc) is 3.03. The van der Waals surface area contributed by atoms with Gasteiger partial charge in [-0.25, -0.2) is 5.14 Å². The molecule has 1 unspecified atom stereocenters. The molecule has 30 heavy (non-hydrogen) atoms. The minimum atomic E-state index is -3.86. The number of nitrogens with two attached hydrogens (primary N) is 1. The van der Waals surface area contributed by atoms with Gasteiger partial charge in [-0.15, -0.1) is 0 Å². The molecule has 0 bridgehead atoms. The van der Waals surface area contributed by atoms with Crippen molar-refractivity contribution in [1.29, 1.82) is 5.26 Å². The zero-order valence-electron chi connectivity index (χ0n) is 16.2. The monoisotopic (exact) mass is 442 g/mol. The first-order chi connectivity index (χ1) is 14.1. The molecule has 0 amide bonds. The first-order valence-corrected chi connectivity index (χ1v) is 10.9. The number of nitrogens with one attached hydrogen (secondary N) is 2. The van der Waals surface area contributed by atoms with E-state index in [1.807, 2.05) is 6.92 Å². The summed E-state index contributed by atoms with van der Waals surface area (Å²) in [4.78, 5) is 16.1. The van der Waals surface area contributed by atoms with E-state index in [2.05, 4.69) is 15.8 Å². The van der Waals surface area contributed by atoms with Crippen molar-refractivity contribution in [3.8, 4) is 6.07 Å². The molecule has 7 nitrogen and oxygen atoms in total. The molecule has 0 radical (unpaired) electrons. The summed E-state index contributed by atoms with van der Waals surface area (Å²) in [6.45, 7) is 3.62. The highest BCUT2D eigenvalue weighted by atomic mass is 35.5. The topological polar surface area (TPSA) is 129 Å². The van der Waals surface area contributed by atoms with Crippen LogP contribution >= 0.6 is 11.6 Å². The molecule has 0 saturated heterocycles. The number of ketones is 1. The van der Waals surface area contributed by atoms with Gasteiger partial charge in [0.2, 0.25) is 5.78 Å². The van der Waals surface area contributed by atoms with E-state index in [1.54, 1.807) is 55.5 Å². The van der Waals surface area contributed by atoms with Gasteiger partial charge in [-0.2, -0.15) is 13.7 Å². The Labute approximate surface area is 179 Å². The van der Waals surface area contributed by atoms with Crippen LogP contribution in [0, 0.1) is 18.3 Å². The van der Waals surface area contributed by atoms with E-state index in [0.717, 1.165) is 5.56 Å². The van der Waals surface area contributed by atoms with E-state index in [-0.39, 0.29) is 11.7 Å². The Morgan fingerprint density at radius 2 is 1.77 bits per heavy atom. The fourth-order valence-electron chi connectivity index (χ4n) is 3.23. The number of hydrogen-bond acceptors (Lipinski definition) is 4. The van der Waals surface area contributed by atoms with E-state index < -0.39 is 10.2 Å². The van der Waals surface area contributed by atoms with Crippen molar-refractivity contribution in [2.45, 2.75) is 19.8 Å². The minimum Gasteiger partial charge on any atom is -0.354 e. The number of hydrogen-bond donors (Lipinski definition) is 3. The number of nitrogens with zero attached hydrogens (tertiary/aromatic N) is 1. The van der Waals surface area contributed by atoms with E-state index in [9.17, 15) is 18.5 Å². The molecule has 0 spiro atoms. The zero-order chi connectivity index (χ0) is 22.1. The number of anilines is 1. The van der Waals surface area contributed by atoms with Gasteiger partial charge in [-0.3, -0.25) is 9.52 Å². The first kappa shape index (κ1) is 21.6. The van der Waals surface area contributed by atoms with E-state index in [4.69, 9.17) is 16.7 Å². The highest BCUT2D eigenvalue weighted by Crippen LogP contribution is 2.31. The maximum Gasteiger partial charge on any atom is 0.296 e. The predicted octanol–water partition coefficient (Wildman–Crippen LogP) is 3.85. The third kappa shape index (κ3) is 4.54. The maximum absolute atomic E-state index is 12.9. The summed E-state index contributed by atoms with van der Waals surface area (Å²) in [6.07, 6.45) is 0. The second-order valence-corrected chi connectivity index (χ2v) is 8.58. The Morgan fingerprint density at radius 3 is 2.30 bits per heavy atom. The van der Waals surface area contributed by atoms with Crippen LogP contribution in [0.2, 0.25) is 5.02 Å². The number of rotatable bonds is 6. The average molecular weight is 443 g/mol. The van der Waals surface area contributed by atoms with Gasteiger partial charge < -0.3 is 4.98 Å². The molecular weight excluding hydrogens is 424 g/mol. The van der Waals surface area contributed by atoms with Crippen molar-refractivity contribution in [2.24, 2.45) is 5.14 Å². The van der Waals surface area contributed by atoms with Crippen LogP contribution < -0.4 is 9.86 Å². The molecule has 0 aliphatic rings. The molecule has 9 heteroatoms. The van der Waals surface area contributed by atoms with Crippen LogP contribution in [0.3, 0.4) is 0 Å². The molecule has 1 heterocycles. The molecule has 1 atom stereocenters. The summed E-state index contributed by atoms with van der Waals surface area (Å²) in [6, 6.07) is 15.4. The maximum atomic E-state index is 12.9. The number of benzene rings is 2. The Bertz CT molecular complexity index is 1240. The number of aromatic nitrogens is 1. The largest absolute Gasteiger partial charge is 0.354 e. The van der Waals surface area contributed by atoms with Crippen LogP contribution in [-0.2, 0) is 10.2 Å². The molecule has 0 fully saturated rings. The number of H-pyrrole nitrogens is 1. The van der Waals surface area contributed by atoms with Crippen molar-refractivity contribution < 1.29 is 13.2 Å². The molecule has 0 aliphatic carbocycles. The second-order valence-electron chi connectivity index (χ2n) is 6.85. The lowest BCUT2D eigenvalue weighted by molar-refractivity contribution is 0.103. The van der Waals surface area contributed by atoms with Crippen molar-refractivity contribution >= 4 is 33.3 Å². The van der Waals surface area contributed by atoms with Crippen LogP contribution in [0.4, 0.5) is 5.69 Å². The van der Waals surface area contributed by atoms with Gasteiger partial charge >= 0.3 is 0 Å².